The summed E-state index contributed by atoms with van der Waals surface area (Å²) < 4.78 is 11.1. The highest BCUT2D eigenvalue weighted by Crippen LogP contribution is 2.40. The van der Waals surface area contributed by atoms with Crippen LogP contribution in [0.1, 0.15) is 12.5 Å². The van der Waals surface area contributed by atoms with Crippen LogP contribution in [0, 0.1) is 10.1 Å². The van der Waals surface area contributed by atoms with E-state index in [1.807, 2.05) is 0 Å². The van der Waals surface area contributed by atoms with Gasteiger partial charge in [-0.25, -0.2) is 4.79 Å². The third-order valence-corrected chi connectivity index (χ3v) is 5.74. The Labute approximate surface area is 224 Å². The number of anilines is 1. The second-order valence-corrected chi connectivity index (χ2v) is 8.65. The van der Waals surface area contributed by atoms with E-state index in [0.717, 1.165) is 0 Å². The maximum atomic E-state index is 12.6. The number of benzene rings is 3. The molecule has 0 atom stereocenters. The minimum absolute atomic E-state index is 0.0467. The summed E-state index contributed by atoms with van der Waals surface area (Å²) in [5, 5.41) is 13.9. The molecule has 1 N–H and O–H groups in total. The first kappa shape index (κ1) is 26.8. The summed E-state index contributed by atoms with van der Waals surface area (Å²) in [6, 6.07) is 10.6. The first-order chi connectivity index (χ1) is 16.6. The first-order valence-corrected chi connectivity index (χ1v) is 11.6. The minimum atomic E-state index is -0.799. The van der Waals surface area contributed by atoms with Crippen LogP contribution in [0.4, 0.5) is 16.2 Å². The van der Waals surface area contributed by atoms with Crippen LogP contribution in [0.2, 0.25) is 25.1 Å². The predicted molar refractivity (Wildman–Crippen MR) is 138 cm³/mol. The topological polar surface area (TPSA) is 103 Å². The van der Waals surface area contributed by atoms with E-state index in [4.69, 9.17) is 67.5 Å². The molecule has 0 radical (unpaired) electrons. The van der Waals surface area contributed by atoms with E-state index in [2.05, 4.69) is 10.3 Å². The smallest absolute Gasteiger partial charge is 0.348 e. The molecule has 0 spiro atoms. The lowest BCUT2D eigenvalue weighted by Crippen LogP contribution is -2.15. The van der Waals surface area contributed by atoms with Crippen molar-refractivity contribution in [1.29, 1.82) is 0 Å². The molecule has 0 aromatic heterocycles. The number of nitro groups is 1. The summed E-state index contributed by atoms with van der Waals surface area (Å²) in [6.07, 6.45) is 0. The molecule has 0 heterocycles. The second kappa shape index (κ2) is 11.8. The van der Waals surface area contributed by atoms with E-state index in [9.17, 15) is 14.9 Å². The third kappa shape index (κ3) is 6.68. The summed E-state index contributed by atoms with van der Waals surface area (Å²) in [5.41, 5.74) is 0.206. The van der Waals surface area contributed by atoms with E-state index in [1.165, 1.54) is 30.3 Å². The zero-order valence-electron chi connectivity index (χ0n) is 17.7. The van der Waals surface area contributed by atoms with Gasteiger partial charge in [-0.05, 0) is 37.3 Å². The van der Waals surface area contributed by atoms with Crippen molar-refractivity contribution in [1.82, 2.24) is 0 Å². The molecule has 8 nitrogen and oxygen atoms in total. The summed E-state index contributed by atoms with van der Waals surface area (Å²) >= 11 is 30.9. The van der Waals surface area contributed by atoms with Crippen LogP contribution in [0.5, 0.6) is 11.5 Å². The number of nitrogens with one attached hydrogen (secondary N) is 1. The van der Waals surface area contributed by atoms with Crippen LogP contribution in [-0.4, -0.2) is 23.5 Å². The monoisotopic (exact) mass is 575 g/mol. The fourth-order valence-electron chi connectivity index (χ4n) is 2.79. The van der Waals surface area contributed by atoms with Crippen molar-refractivity contribution in [3.63, 3.8) is 0 Å². The summed E-state index contributed by atoms with van der Waals surface area (Å²) in [6.45, 7) is 1.93. The zero-order valence-corrected chi connectivity index (χ0v) is 21.4. The van der Waals surface area contributed by atoms with Crippen LogP contribution in [0.15, 0.2) is 53.5 Å². The van der Waals surface area contributed by atoms with Crippen LogP contribution in [0.3, 0.4) is 0 Å². The number of ether oxygens (including phenoxy) is 2. The van der Waals surface area contributed by atoms with Crippen LogP contribution < -0.4 is 10.1 Å². The van der Waals surface area contributed by atoms with Gasteiger partial charge in [0.05, 0.1) is 37.2 Å². The number of hydrogen-bond acceptors (Lipinski definition) is 5. The van der Waals surface area contributed by atoms with Crippen molar-refractivity contribution >= 4 is 81.3 Å². The van der Waals surface area contributed by atoms with Gasteiger partial charge in [-0.1, -0.05) is 64.1 Å². The molecule has 0 bridgehead atoms. The Morgan fingerprint density at radius 2 is 1.60 bits per heavy atom. The van der Waals surface area contributed by atoms with Gasteiger partial charge in [-0.3, -0.25) is 10.1 Å². The maximum Gasteiger partial charge on any atom is 0.348 e. The molecule has 182 valence electrons. The molecule has 0 aliphatic heterocycles. The Kier molecular flexibility index (Phi) is 9.04. The predicted octanol–water partition coefficient (Wildman–Crippen LogP) is 8.67. The standard InChI is InChI=1S/C22H14Cl5N3O5/c1-2-34-21(19-13(23)4-3-5-14(19)24)29-22(31)28-11-8-16(26)20(17(27)9-11)35-12-6-7-18(30(32)33)15(25)10-12/h3-10H,2H2,1H3,(H,28,31). The number of halogens is 5. The van der Waals surface area contributed by atoms with Crippen molar-refractivity contribution in [3.8, 4) is 11.5 Å². The van der Waals surface area contributed by atoms with E-state index >= 15 is 0 Å². The number of aliphatic imine (C=N–C) groups is 1. The summed E-state index contributed by atoms with van der Waals surface area (Å²) in [4.78, 5) is 26.8. The average molecular weight is 578 g/mol. The fraction of sp³-hybridized carbons (Fsp3) is 0.0909. The number of nitrogens with zero attached hydrogens (tertiary/aromatic N) is 2. The lowest BCUT2D eigenvalue weighted by molar-refractivity contribution is -0.384. The molecule has 35 heavy (non-hydrogen) atoms. The SMILES string of the molecule is CCOC(=NC(=O)Nc1cc(Cl)c(Oc2ccc([N+](=O)[O-])c(Cl)c2)c(Cl)c1)c1c(Cl)cccc1Cl. The van der Waals surface area contributed by atoms with Crippen molar-refractivity contribution in [2.75, 3.05) is 11.9 Å². The van der Waals surface area contributed by atoms with Gasteiger partial charge in [0.1, 0.15) is 10.8 Å². The summed E-state index contributed by atoms with van der Waals surface area (Å²) in [7, 11) is 0. The van der Waals surface area contributed by atoms with Gasteiger partial charge in [-0.2, -0.15) is 4.99 Å². The molecular weight excluding hydrogens is 564 g/mol. The Morgan fingerprint density at radius 1 is 0.971 bits per heavy atom. The summed E-state index contributed by atoms with van der Waals surface area (Å²) in [5.74, 6) is 0.161. The number of carbonyl (C=O) groups excluding carboxylic acids is 1. The van der Waals surface area contributed by atoms with Crippen LogP contribution in [0.25, 0.3) is 0 Å². The van der Waals surface area contributed by atoms with Gasteiger partial charge in [0.15, 0.2) is 5.75 Å². The second-order valence-electron chi connectivity index (χ2n) is 6.62. The Balaban J connectivity index is 1.83. The highest BCUT2D eigenvalue weighted by Gasteiger charge is 2.18. The maximum absolute atomic E-state index is 12.6. The van der Waals surface area contributed by atoms with Crippen molar-refractivity contribution in [2.45, 2.75) is 6.92 Å². The molecule has 2 amide bonds. The van der Waals surface area contributed by atoms with E-state index in [-0.39, 0.29) is 66.1 Å². The lowest BCUT2D eigenvalue weighted by atomic mass is 10.2. The third-order valence-electron chi connectivity index (χ3n) is 4.25. The Bertz CT molecular complexity index is 1290. The number of urea groups is 1. The molecule has 0 aliphatic rings. The number of hydrogen-bond donors (Lipinski definition) is 1. The lowest BCUT2D eigenvalue weighted by Gasteiger charge is -2.13. The number of carbonyl (C=O) groups is 1. The van der Waals surface area contributed by atoms with Gasteiger partial charge in [0.2, 0.25) is 5.90 Å². The van der Waals surface area contributed by atoms with Gasteiger partial charge < -0.3 is 14.8 Å². The molecular formula is C22H14Cl5N3O5. The molecule has 3 aromatic rings. The van der Waals surface area contributed by atoms with Crippen LogP contribution >= 0.6 is 58.0 Å². The van der Waals surface area contributed by atoms with Gasteiger partial charge in [-0.15, -0.1) is 0 Å². The van der Waals surface area contributed by atoms with Gasteiger partial charge in [0, 0.05) is 17.8 Å². The molecule has 13 heteroatoms. The van der Waals surface area contributed by atoms with E-state index in [0.29, 0.717) is 0 Å². The average Bonchev–Trinajstić information content (AvgIpc) is 2.76. The first-order valence-electron chi connectivity index (χ1n) is 9.68. The quantitative estimate of drug-likeness (QED) is 0.137. The normalized spacial score (nSPS) is 11.2. The Morgan fingerprint density at radius 3 is 2.14 bits per heavy atom. The van der Waals surface area contributed by atoms with Crippen molar-refractivity contribution < 1.29 is 19.2 Å². The van der Waals surface area contributed by atoms with Gasteiger partial charge >= 0.3 is 6.03 Å². The molecule has 0 saturated heterocycles. The molecule has 3 rings (SSSR count). The van der Waals surface area contributed by atoms with Gasteiger partial charge in [0.25, 0.3) is 5.69 Å². The number of rotatable bonds is 6. The molecule has 0 fully saturated rings. The van der Waals surface area contributed by atoms with E-state index in [1.54, 1.807) is 25.1 Å². The fourth-order valence-corrected chi connectivity index (χ4v) is 4.15. The molecule has 3 aromatic carbocycles. The highest BCUT2D eigenvalue weighted by molar-refractivity contribution is 6.40. The zero-order chi connectivity index (χ0) is 25.7. The van der Waals surface area contributed by atoms with Crippen LogP contribution in [-0.2, 0) is 4.74 Å². The number of amides is 2. The molecule has 0 aliphatic carbocycles. The highest BCUT2D eigenvalue weighted by atomic mass is 35.5. The Hall–Kier alpha value is -2.75. The van der Waals surface area contributed by atoms with Crippen molar-refractivity contribution in [2.24, 2.45) is 4.99 Å². The molecule has 0 saturated carbocycles. The van der Waals surface area contributed by atoms with E-state index < -0.39 is 11.0 Å². The number of nitro benzene ring substituents is 1. The molecule has 0 unspecified atom stereocenters. The largest absolute Gasteiger partial charge is 0.477 e. The minimum Gasteiger partial charge on any atom is -0.477 e. The van der Waals surface area contributed by atoms with Crippen molar-refractivity contribution in [3.05, 3.63) is 89.3 Å².